The van der Waals surface area contributed by atoms with Crippen LogP contribution in [0.4, 0.5) is 11.6 Å². The quantitative estimate of drug-likeness (QED) is 0.169. The number of guanidine groups is 2. The maximum absolute atomic E-state index is 12.1. The van der Waals surface area contributed by atoms with Crippen molar-refractivity contribution < 1.29 is 4.79 Å². The number of halogens is 1. The lowest BCUT2D eigenvalue weighted by molar-refractivity contribution is 0.0972. The highest BCUT2D eigenvalue weighted by atomic mass is 35.5. The van der Waals surface area contributed by atoms with Crippen LogP contribution >= 0.6 is 11.6 Å². The molecular weight excluding hydrogens is 384 g/mol. The number of unbranched alkanes of at least 4 members (excludes halogenated alkanes) is 6. The van der Waals surface area contributed by atoms with E-state index in [2.05, 4.69) is 25.3 Å². The Kier molecular flexibility index (Phi) is 10.4. The smallest absolute Gasteiger partial charge is 0.280 e. The van der Waals surface area contributed by atoms with Crippen LogP contribution in [-0.4, -0.2) is 40.9 Å². The molecule has 0 unspecified atom stereocenters. The van der Waals surface area contributed by atoms with Crippen molar-refractivity contribution in [2.75, 3.05) is 24.6 Å². The van der Waals surface area contributed by atoms with Crippen molar-refractivity contribution in [3.63, 3.8) is 0 Å². The van der Waals surface area contributed by atoms with Crippen LogP contribution in [-0.2, 0) is 0 Å². The molecule has 0 atom stereocenters. The lowest BCUT2D eigenvalue weighted by Crippen LogP contribution is -2.38. The highest BCUT2D eigenvalue weighted by Gasteiger charge is 2.16. The predicted octanol–water partition coefficient (Wildman–Crippen LogP) is 0.343. The molecule has 28 heavy (non-hydrogen) atoms. The van der Waals surface area contributed by atoms with Gasteiger partial charge in [0.2, 0.25) is 0 Å². The summed E-state index contributed by atoms with van der Waals surface area (Å²) in [5.41, 5.74) is 27.2. The van der Waals surface area contributed by atoms with E-state index < -0.39 is 5.91 Å². The fourth-order valence-electron chi connectivity index (χ4n) is 2.34. The number of nitrogens with one attached hydrogen (secondary N) is 1. The molecule has 11 N–H and O–H groups in total. The highest BCUT2D eigenvalue weighted by molar-refractivity contribution is 6.31. The van der Waals surface area contributed by atoms with Crippen molar-refractivity contribution in [3.05, 3.63) is 10.8 Å². The van der Waals surface area contributed by atoms with Crippen LogP contribution in [0.5, 0.6) is 0 Å². The number of anilines is 2. The second-order valence-electron chi connectivity index (χ2n) is 6.14. The third-order valence-electron chi connectivity index (χ3n) is 3.75. The van der Waals surface area contributed by atoms with Gasteiger partial charge in [0, 0.05) is 13.1 Å². The van der Waals surface area contributed by atoms with Gasteiger partial charge in [-0.2, -0.15) is 0 Å². The molecule has 0 aliphatic carbocycles. The number of carbonyl (C=O) groups excluding carboxylic acids is 1. The molecular formula is C16H29ClN10O. The molecule has 0 fully saturated rings. The first-order valence-corrected chi connectivity index (χ1v) is 9.44. The van der Waals surface area contributed by atoms with Crippen LogP contribution in [0.15, 0.2) is 9.98 Å². The number of nitrogens with two attached hydrogens (primary N) is 5. The first kappa shape index (κ1) is 23.2. The monoisotopic (exact) mass is 412 g/mol. The molecule has 12 heteroatoms. The Hall–Kier alpha value is -2.82. The number of nitrogen functional groups attached to an aromatic ring is 2. The van der Waals surface area contributed by atoms with E-state index in [1.165, 1.54) is 0 Å². The number of aliphatic imine (C=N–C) groups is 2. The summed E-state index contributed by atoms with van der Waals surface area (Å²) in [6.07, 6.45) is 7.41. The number of nitrogens with zero attached hydrogens (tertiary/aromatic N) is 4. The molecule has 0 aromatic carbocycles. The third kappa shape index (κ3) is 9.21. The first-order valence-electron chi connectivity index (χ1n) is 9.06. The Labute approximate surface area is 169 Å². The maximum Gasteiger partial charge on any atom is 0.280 e. The zero-order chi connectivity index (χ0) is 20.9. The Balaban J connectivity index is 2.19. The second kappa shape index (κ2) is 12.5. The molecule has 11 nitrogen and oxygen atoms in total. The number of hydrogen-bond donors (Lipinski definition) is 6. The van der Waals surface area contributed by atoms with Crippen molar-refractivity contribution in [2.45, 2.75) is 44.9 Å². The SMILES string of the molecule is NC(N)=NCCCCCCCCCN=C(N)NC(=O)c1nc(Cl)c(N)nc1N. The lowest BCUT2D eigenvalue weighted by Gasteiger charge is -2.07. The summed E-state index contributed by atoms with van der Waals surface area (Å²) >= 11 is 5.75. The molecule has 1 amide bonds. The van der Waals surface area contributed by atoms with E-state index in [1.807, 2.05) is 0 Å². The molecule has 0 radical (unpaired) electrons. The van der Waals surface area contributed by atoms with Gasteiger partial charge in [-0.05, 0) is 12.8 Å². The fraction of sp³-hybridized carbons (Fsp3) is 0.562. The Morgan fingerprint density at radius 3 is 1.96 bits per heavy atom. The zero-order valence-electron chi connectivity index (χ0n) is 15.8. The van der Waals surface area contributed by atoms with E-state index in [9.17, 15) is 4.79 Å². The summed E-state index contributed by atoms with van der Waals surface area (Å²) in [6.45, 7) is 1.20. The van der Waals surface area contributed by atoms with E-state index in [1.54, 1.807) is 0 Å². The van der Waals surface area contributed by atoms with E-state index >= 15 is 0 Å². The third-order valence-corrected chi connectivity index (χ3v) is 4.03. The summed E-state index contributed by atoms with van der Waals surface area (Å²) in [6, 6.07) is 0. The van der Waals surface area contributed by atoms with Gasteiger partial charge in [-0.1, -0.05) is 43.7 Å². The first-order chi connectivity index (χ1) is 13.3. The second-order valence-corrected chi connectivity index (χ2v) is 6.49. The molecule has 0 aliphatic heterocycles. The normalized spacial score (nSPS) is 11.2. The number of rotatable bonds is 11. The predicted molar refractivity (Wildman–Crippen MR) is 113 cm³/mol. The van der Waals surface area contributed by atoms with E-state index in [0.29, 0.717) is 13.1 Å². The van der Waals surface area contributed by atoms with Gasteiger partial charge in [-0.25, -0.2) is 9.97 Å². The standard InChI is InChI=1S/C16H29ClN10O/c17-11-13(19)26-12(18)10(25-11)14(28)27-16(22)24-9-7-5-3-1-2-4-6-8-23-15(20)21/h1-9H2,(H4,18,19,26)(H4,20,21,23)(H3,22,24,27,28). The van der Waals surface area contributed by atoms with E-state index in [-0.39, 0.29) is 34.4 Å². The molecule has 1 aromatic heterocycles. The summed E-state index contributed by atoms with van der Waals surface area (Å²) in [7, 11) is 0. The fourth-order valence-corrected chi connectivity index (χ4v) is 2.47. The van der Waals surface area contributed by atoms with Gasteiger partial charge in [-0.15, -0.1) is 0 Å². The van der Waals surface area contributed by atoms with Gasteiger partial charge in [0.15, 0.2) is 34.4 Å². The van der Waals surface area contributed by atoms with Gasteiger partial charge in [-0.3, -0.25) is 20.1 Å². The number of hydrogen-bond acceptors (Lipinski definition) is 7. The van der Waals surface area contributed by atoms with E-state index in [0.717, 1.165) is 44.9 Å². The number of carbonyl (C=O) groups is 1. The minimum Gasteiger partial charge on any atom is -0.382 e. The van der Waals surface area contributed by atoms with Gasteiger partial charge in [0.05, 0.1) is 0 Å². The Morgan fingerprint density at radius 1 is 0.857 bits per heavy atom. The molecule has 156 valence electrons. The Morgan fingerprint density at radius 2 is 1.39 bits per heavy atom. The molecule has 0 saturated carbocycles. The van der Waals surface area contributed by atoms with Crippen LogP contribution in [0.1, 0.15) is 55.4 Å². The van der Waals surface area contributed by atoms with Gasteiger partial charge in [0.25, 0.3) is 5.91 Å². The molecule has 0 aliphatic rings. The lowest BCUT2D eigenvalue weighted by atomic mass is 10.1. The average Bonchev–Trinajstić information content (AvgIpc) is 2.62. The van der Waals surface area contributed by atoms with Crippen LogP contribution in [0.3, 0.4) is 0 Å². The van der Waals surface area contributed by atoms with Gasteiger partial charge in [0.1, 0.15) is 0 Å². The van der Waals surface area contributed by atoms with Crippen LogP contribution < -0.4 is 34.0 Å². The van der Waals surface area contributed by atoms with Crippen LogP contribution in [0.25, 0.3) is 0 Å². The number of amides is 1. The highest BCUT2D eigenvalue weighted by Crippen LogP contribution is 2.17. The molecule has 1 rings (SSSR count). The zero-order valence-corrected chi connectivity index (χ0v) is 16.6. The van der Waals surface area contributed by atoms with E-state index in [4.69, 9.17) is 40.3 Å². The van der Waals surface area contributed by atoms with Gasteiger partial charge >= 0.3 is 0 Å². The molecule has 0 spiro atoms. The van der Waals surface area contributed by atoms with Gasteiger partial charge < -0.3 is 28.7 Å². The minimum absolute atomic E-state index is 0.0149. The summed E-state index contributed by atoms with van der Waals surface area (Å²) in [4.78, 5) is 27.7. The van der Waals surface area contributed by atoms with Crippen molar-refractivity contribution in [1.29, 1.82) is 0 Å². The maximum atomic E-state index is 12.1. The molecule has 1 heterocycles. The van der Waals surface area contributed by atoms with Crippen molar-refractivity contribution >= 4 is 41.1 Å². The molecule has 1 aromatic rings. The summed E-state index contributed by atoms with van der Waals surface area (Å²) < 4.78 is 0. The molecule has 0 bridgehead atoms. The Bertz CT molecular complexity index is 703. The van der Waals surface area contributed by atoms with Crippen LogP contribution in [0, 0.1) is 0 Å². The largest absolute Gasteiger partial charge is 0.382 e. The van der Waals surface area contributed by atoms with Crippen molar-refractivity contribution in [1.82, 2.24) is 15.3 Å². The average molecular weight is 413 g/mol. The summed E-state index contributed by atoms with van der Waals surface area (Å²) in [5.74, 6) is -0.700. The topological polar surface area (TPSA) is 210 Å². The summed E-state index contributed by atoms with van der Waals surface area (Å²) in [5, 5.41) is 2.30. The minimum atomic E-state index is -0.645. The molecule has 0 saturated heterocycles. The number of aromatic nitrogens is 2. The van der Waals surface area contributed by atoms with Crippen molar-refractivity contribution in [3.8, 4) is 0 Å². The van der Waals surface area contributed by atoms with Crippen molar-refractivity contribution in [2.24, 2.45) is 27.2 Å². The van der Waals surface area contributed by atoms with Crippen LogP contribution in [0.2, 0.25) is 5.15 Å².